The van der Waals surface area contributed by atoms with E-state index in [1.54, 1.807) is 42.5 Å². The fourth-order valence-corrected chi connectivity index (χ4v) is 4.37. The van der Waals surface area contributed by atoms with Gasteiger partial charge in [-0.2, -0.15) is 0 Å². The van der Waals surface area contributed by atoms with Crippen molar-refractivity contribution in [2.24, 2.45) is 5.73 Å². The van der Waals surface area contributed by atoms with Crippen LogP contribution in [0.3, 0.4) is 0 Å². The highest BCUT2D eigenvalue weighted by atomic mass is 35.5. The van der Waals surface area contributed by atoms with Gasteiger partial charge < -0.3 is 10.6 Å². The molecule has 7 nitrogen and oxygen atoms in total. The Morgan fingerprint density at radius 1 is 1.23 bits per heavy atom. The Hall–Kier alpha value is -2.47. The molecular formula is C21H23ClN3O4P. The van der Waals surface area contributed by atoms with Crippen molar-refractivity contribution in [1.29, 1.82) is 0 Å². The maximum atomic E-state index is 13.0. The van der Waals surface area contributed by atoms with E-state index in [0.717, 1.165) is 5.56 Å². The van der Waals surface area contributed by atoms with E-state index in [1.165, 1.54) is 23.6 Å². The smallest absolute Gasteiger partial charge is 0.337 e. The summed E-state index contributed by atoms with van der Waals surface area (Å²) in [6, 6.07) is 11.1. The average molecular weight is 448 g/mol. The zero-order valence-electron chi connectivity index (χ0n) is 17.2. The number of benzene rings is 2. The number of hydrogen-bond donors (Lipinski definition) is 1. The number of halogens is 1. The van der Waals surface area contributed by atoms with E-state index < -0.39 is 24.8 Å². The second-order valence-corrected chi connectivity index (χ2v) is 10.4. The number of carbonyl (C=O) groups excluding carboxylic acids is 2. The predicted molar refractivity (Wildman–Crippen MR) is 116 cm³/mol. The van der Waals surface area contributed by atoms with Crippen LogP contribution in [0.4, 0.5) is 21.9 Å². The summed E-state index contributed by atoms with van der Waals surface area (Å²) in [5.74, 6) is -0.303. The Balaban J connectivity index is 2.24. The van der Waals surface area contributed by atoms with Crippen LogP contribution < -0.4 is 20.4 Å². The van der Waals surface area contributed by atoms with Crippen molar-refractivity contribution >= 4 is 48.6 Å². The van der Waals surface area contributed by atoms with Gasteiger partial charge in [-0.1, -0.05) is 42.1 Å². The predicted octanol–water partition coefficient (Wildman–Crippen LogP) is 4.41. The number of hydrogen-bond acceptors (Lipinski definition) is 4. The minimum atomic E-state index is -2.95. The van der Waals surface area contributed by atoms with E-state index in [1.807, 2.05) is 13.8 Å². The molecular weight excluding hydrogens is 425 g/mol. The van der Waals surface area contributed by atoms with Gasteiger partial charge in [-0.05, 0) is 35.9 Å². The molecule has 2 aromatic carbocycles. The van der Waals surface area contributed by atoms with Crippen molar-refractivity contribution in [2.75, 3.05) is 9.80 Å². The van der Waals surface area contributed by atoms with Crippen LogP contribution >= 0.6 is 19.6 Å². The molecule has 0 bridgehead atoms. The van der Waals surface area contributed by atoms with Gasteiger partial charge in [0.15, 0.2) is 0 Å². The summed E-state index contributed by atoms with van der Waals surface area (Å²) < 4.78 is 12.0. The van der Waals surface area contributed by atoms with Gasteiger partial charge in [0.05, 0.1) is 17.1 Å². The lowest BCUT2D eigenvalue weighted by Crippen LogP contribution is -2.52. The van der Waals surface area contributed by atoms with E-state index in [4.69, 9.17) is 17.3 Å². The van der Waals surface area contributed by atoms with Gasteiger partial charge in [0, 0.05) is 30.7 Å². The van der Waals surface area contributed by atoms with Crippen LogP contribution in [0, 0.1) is 0 Å². The van der Waals surface area contributed by atoms with Crippen LogP contribution in [-0.2, 0) is 14.8 Å². The number of nitrogens with zero attached hydrogens (tertiary/aromatic N) is 2. The molecule has 0 fully saturated rings. The minimum absolute atomic E-state index is 0.166. The molecule has 0 spiro atoms. The first-order valence-corrected chi connectivity index (χ1v) is 10.9. The number of fused-ring (bicyclic) bond motifs is 1. The number of urea groups is 1. The zero-order chi connectivity index (χ0) is 22.4. The van der Waals surface area contributed by atoms with Crippen LogP contribution in [0.2, 0.25) is 5.02 Å². The minimum Gasteiger partial charge on any atom is -0.594 e. The number of rotatable bonds is 4. The largest absolute Gasteiger partial charge is 0.594 e. The number of anilines is 3. The molecule has 1 unspecified atom stereocenters. The molecule has 0 aliphatic carbocycles. The first-order valence-electron chi connectivity index (χ1n) is 9.33. The third-order valence-corrected chi connectivity index (χ3v) is 6.66. The second-order valence-electron chi connectivity index (χ2n) is 8.40. The van der Waals surface area contributed by atoms with Crippen LogP contribution in [0.25, 0.3) is 0 Å². The first-order chi connectivity index (χ1) is 13.9. The van der Waals surface area contributed by atoms with Gasteiger partial charge in [-0.25, -0.2) is 4.79 Å². The topological polar surface area (TPSA) is 107 Å². The van der Waals surface area contributed by atoms with Crippen molar-refractivity contribution in [3.63, 3.8) is 0 Å². The maximum Gasteiger partial charge on any atom is 0.337 e. The number of nitrogens with two attached hydrogens (primary N) is 1. The van der Waals surface area contributed by atoms with E-state index in [0.29, 0.717) is 22.1 Å². The van der Waals surface area contributed by atoms with E-state index in [9.17, 15) is 19.0 Å². The van der Waals surface area contributed by atoms with Crippen LogP contribution in [0.5, 0.6) is 0 Å². The molecule has 1 aliphatic heterocycles. The average Bonchev–Trinajstić information content (AvgIpc) is 2.60. The quantitative estimate of drug-likeness (QED) is 0.700. The SMILES string of the molecule is CC1(C)CC(=O)N(C(C)(C)[P+](=O)[O-])c2cc(N(C(N)=O)c3cccc(Cl)c3)ccc21. The molecule has 30 heavy (non-hydrogen) atoms. The Kier molecular flexibility index (Phi) is 5.67. The van der Waals surface area contributed by atoms with Gasteiger partial charge in [-0.15, -0.1) is 0 Å². The molecule has 0 aromatic heterocycles. The molecule has 9 heteroatoms. The van der Waals surface area contributed by atoms with E-state index >= 15 is 0 Å². The zero-order valence-corrected chi connectivity index (χ0v) is 18.8. The summed E-state index contributed by atoms with van der Waals surface area (Å²) in [5.41, 5.74) is 7.24. The summed E-state index contributed by atoms with van der Waals surface area (Å²) in [6.45, 7) is 6.81. The lowest BCUT2D eigenvalue weighted by Gasteiger charge is -2.42. The Labute approximate surface area is 181 Å². The lowest BCUT2D eigenvalue weighted by molar-refractivity contribution is -0.169. The summed E-state index contributed by atoms with van der Waals surface area (Å²) in [5, 5.41) is -1.01. The summed E-state index contributed by atoms with van der Waals surface area (Å²) in [7, 11) is -2.95. The van der Waals surface area contributed by atoms with Gasteiger partial charge in [0.1, 0.15) is 0 Å². The molecule has 0 saturated carbocycles. The first kappa shape index (κ1) is 22.2. The van der Waals surface area contributed by atoms with Crippen molar-refractivity contribution in [3.8, 4) is 0 Å². The standard InChI is InChI=1S/C21H23ClN3O4P/c1-20(2)12-18(26)25(21(3,4)30(28)29)17-11-15(8-9-16(17)20)24(19(23)27)14-7-5-6-13(22)10-14/h5-11H,12H2,1-4H3,(H2,23,27). The molecule has 3 amide bonds. The van der Waals surface area contributed by atoms with Crippen LogP contribution in [-0.4, -0.2) is 17.2 Å². The van der Waals surface area contributed by atoms with Gasteiger partial charge in [-0.3, -0.25) is 14.6 Å². The highest BCUT2D eigenvalue weighted by Crippen LogP contribution is 2.48. The fourth-order valence-electron chi connectivity index (χ4n) is 3.80. The Morgan fingerprint density at radius 2 is 1.87 bits per heavy atom. The number of amides is 3. The molecule has 2 N–H and O–H groups in total. The molecule has 2 aromatic rings. The van der Waals surface area contributed by atoms with E-state index in [2.05, 4.69) is 0 Å². The molecule has 158 valence electrons. The van der Waals surface area contributed by atoms with E-state index in [-0.39, 0.29) is 12.3 Å². The Morgan fingerprint density at radius 3 is 2.43 bits per heavy atom. The lowest BCUT2D eigenvalue weighted by atomic mass is 9.76. The molecule has 1 atom stereocenters. The molecule has 0 radical (unpaired) electrons. The van der Waals surface area contributed by atoms with Crippen molar-refractivity contribution in [1.82, 2.24) is 0 Å². The third kappa shape index (κ3) is 3.81. The number of primary amides is 1. The molecule has 0 saturated heterocycles. The Bertz CT molecular complexity index is 1050. The van der Waals surface area contributed by atoms with Crippen molar-refractivity contribution in [2.45, 2.75) is 44.8 Å². The fraction of sp³-hybridized carbons (Fsp3) is 0.333. The highest BCUT2D eigenvalue weighted by molar-refractivity contribution is 7.38. The number of carbonyl (C=O) groups is 2. The monoisotopic (exact) mass is 447 g/mol. The van der Waals surface area contributed by atoms with Crippen LogP contribution in [0.15, 0.2) is 42.5 Å². The van der Waals surface area contributed by atoms with Crippen LogP contribution in [0.1, 0.15) is 39.7 Å². The summed E-state index contributed by atoms with van der Waals surface area (Å²) >= 11 is 6.07. The van der Waals surface area contributed by atoms with Crippen molar-refractivity contribution in [3.05, 3.63) is 53.1 Å². The molecule has 3 rings (SSSR count). The highest BCUT2D eigenvalue weighted by Gasteiger charge is 2.49. The van der Waals surface area contributed by atoms with Crippen molar-refractivity contribution < 1.29 is 19.0 Å². The molecule has 1 heterocycles. The maximum absolute atomic E-state index is 13.0. The molecule has 1 aliphatic rings. The van der Waals surface area contributed by atoms with Gasteiger partial charge in [0.2, 0.25) is 11.2 Å². The summed E-state index contributed by atoms with van der Waals surface area (Å²) in [4.78, 5) is 39.8. The normalized spacial score (nSPS) is 16.1. The van der Waals surface area contributed by atoms with Gasteiger partial charge >= 0.3 is 14.1 Å². The second kappa shape index (κ2) is 7.65. The summed E-state index contributed by atoms with van der Waals surface area (Å²) in [6.07, 6.45) is 0.166. The third-order valence-electron chi connectivity index (χ3n) is 5.33. The van der Waals surface area contributed by atoms with Gasteiger partial charge in [0.25, 0.3) is 0 Å².